The molecule has 0 aromatic heterocycles. The summed E-state index contributed by atoms with van der Waals surface area (Å²) >= 11 is 0. The minimum atomic E-state index is -1.60. The maximum Gasteiger partial charge on any atom is 0.282 e. The first-order valence-corrected chi connectivity index (χ1v) is 7.62. The van der Waals surface area contributed by atoms with Gasteiger partial charge in [-0.1, -0.05) is 24.3 Å². The van der Waals surface area contributed by atoms with Gasteiger partial charge in [0.05, 0.1) is 12.7 Å². The molecule has 2 aromatic carbocycles. The fourth-order valence-corrected chi connectivity index (χ4v) is 2.35. The highest BCUT2D eigenvalue weighted by molar-refractivity contribution is 5.93. The molecule has 6 heteroatoms. The maximum atomic E-state index is 13.7. The lowest BCUT2D eigenvalue weighted by Crippen LogP contribution is -3.12. The van der Waals surface area contributed by atoms with Crippen molar-refractivity contribution in [3.63, 3.8) is 0 Å². The van der Waals surface area contributed by atoms with E-state index in [9.17, 15) is 18.0 Å². The average molecular weight is 337 g/mol. The lowest BCUT2D eigenvalue weighted by Gasteiger charge is -2.22. The molecule has 0 spiro atoms. The fourth-order valence-electron chi connectivity index (χ4n) is 2.35. The zero-order chi connectivity index (χ0) is 17.9. The van der Waals surface area contributed by atoms with Gasteiger partial charge in [-0.05, 0) is 31.5 Å². The van der Waals surface area contributed by atoms with Crippen molar-refractivity contribution in [2.75, 3.05) is 12.4 Å². The van der Waals surface area contributed by atoms with Crippen molar-refractivity contribution in [2.45, 2.75) is 26.4 Å². The quantitative estimate of drug-likeness (QED) is 0.808. The van der Waals surface area contributed by atoms with Gasteiger partial charge < -0.3 is 10.2 Å². The zero-order valence-electron chi connectivity index (χ0n) is 13.8. The highest BCUT2D eigenvalue weighted by atomic mass is 19.2. The number of aryl methyl sites for hydroxylation is 1. The Balaban J connectivity index is 2.07. The van der Waals surface area contributed by atoms with Gasteiger partial charge in [0, 0.05) is 5.56 Å². The molecule has 0 saturated heterocycles. The van der Waals surface area contributed by atoms with Crippen LogP contribution in [0.2, 0.25) is 0 Å². The SMILES string of the molecule is Cc1ccccc1C[NH+](C)[C@@H](C)C(=O)Nc1ccc(F)c(F)c1F. The molecule has 0 fully saturated rings. The van der Waals surface area contributed by atoms with Gasteiger partial charge in [0.2, 0.25) is 0 Å². The normalized spacial score (nSPS) is 13.4. The number of nitrogens with one attached hydrogen (secondary N) is 2. The van der Waals surface area contributed by atoms with Gasteiger partial charge in [-0.3, -0.25) is 4.79 Å². The predicted octanol–water partition coefficient (Wildman–Crippen LogP) is 2.45. The second-order valence-electron chi connectivity index (χ2n) is 5.88. The monoisotopic (exact) mass is 337 g/mol. The van der Waals surface area contributed by atoms with Crippen LogP contribution in [-0.4, -0.2) is 19.0 Å². The minimum absolute atomic E-state index is 0.366. The fraction of sp³-hybridized carbons (Fsp3) is 0.278. The van der Waals surface area contributed by atoms with Crippen LogP contribution in [0.3, 0.4) is 0 Å². The van der Waals surface area contributed by atoms with Gasteiger partial charge >= 0.3 is 0 Å². The van der Waals surface area contributed by atoms with Crippen LogP contribution in [0.1, 0.15) is 18.1 Å². The Morgan fingerprint density at radius 1 is 1.12 bits per heavy atom. The number of quaternary nitrogens is 1. The third-order valence-corrected chi connectivity index (χ3v) is 4.16. The summed E-state index contributed by atoms with van der Waals surface area (Å²) in [5.41, 5.74) is 1.86. The zero-order valence-corrected chi connectivity index (χ0v) is 13.8. The molecule has 1 amide bonds. The molecule has 0 aliphatic carbocycles. The number of likely N-dealkylation sites (N-methyl/N-ethyl adjacent to an activating group) is 1. The Hall–Kier alpha value is -2.34. The van der Waals surface area contributed by atoms with Crippen LogP contribution in [0, 0.1) is 24.4 Å². The third kappa shape index (κ3) is 3.94. The summed E-state index contributed by atoms with van der Waals surface area (Å²) in [6, 6.07) is 9.13. The highest BCUT2D eigenvalue weighted by Crippen LogP contribution is 2.19. The molecule has 0 heterocycles. The standard InChI is InChI=1S/C18H19F3N2O/c1-11-6-4-5-7-13(11)10-23(3)12(2)18(24)22-15-9-8-14(19)16(20)17(15)21/h4-9,12H,10H2,1-3H3,(H,22,24)/p+1/t12-/m0/s1. The molecule has 24 heavy (non-hydrogen) atoms. The van der Waals surface area contributed by atoms with Crippen molar-refractivity contribution in [1.82, 2.24) is 0 Å². The van der Waals surface area contributed by atoms with Crippen LogP contribution in [0.25, 0.3) is 0 Å². The Morgan fingerprint density at radius 3 is 2.46 bits per heavy atom. The number of carbonyl (C=O) groups excluding carboxylic acids is 1. The Bertz CT molecular complexity index is 749. The summed E-state index contributed by atoms with van der Waals surface area (Å²) in [4.78, 5) is 13.2. The van der Waals surface area contributed by atoms with Gasteiger partial charge in [-0.15, -0.1) is 0 Å². The summed E-state index contributed by atoms with van der Waals surface area (Å²) in [6.45, 7) is 4.30. The highest BCUT2D eigenvalue weighted by Gasteiger charge is 2.24. The number of amides is 1. The third-order valence-electron chi connectivity index (χ3n) is 4.16. The largest absolute Gasteiger partial charge is 0.324 e. The summed E-state index contributed by atoms with van der Waals surface area (Å²) in [6.07, 6.45) is 0. The molecule has 2 rings (SSSR count). The maximum absolute atomic E-state index is 13.7. The summed E-state index contributed by atoms with van der Waals surface area (Å²) < 4.78 is 39.8. The van der Waals surface area contributed by atoms with E-state index in [2.05, 4.69) is 5.32 Å². The van der Waals surface area contributed by atoms with Gasteiger partial charge in [0.15, 0.2) is 23.5 Å². The van der Waals surface area contributed by atoms with Crippen LogP contribution in [0.15, 0.2) is 36.4 Å². The van der Waals surface area contributed by atoms with E-state index in [4.69, 9.17) is 0 Å². The molecule has 0 radical (unpaired) electrons. The number of anilines is 1. The predicted molar refractivity (Wildman–Crippen MR) is 86.2 cm³/mol. The smallest absolute Gasteiger partial charge is 0.282 e. The Kier molecular flexibility index (Phi) is 5.62. The van der Waals surface area contributed by atoms with E-state index in [-0.39, 0.29) is 5.69 Å². The van der Waals surface area contributed by atoms with Crippen molar-refractivity contribution in [2.24, 2.45) is 0 Å². The number of benzene rings is 2. The molecule has 1 unspecified atom stereocenters. The number of hydrogen-bond donors (Lipinski definition) is 2. The molecular formula is C18H20F3N2O+. The number of halogens is 3. The van der Waals surface area contributed by atoms with Gasteiger partial charge in [-0.2, -0.15) is 0 Å². The Labute approximate surface area is 139 Å². The second-order valence-corrected chi connectivity index (χ2v) is 5.88. The topological polar surface area (TPSA) is 33.5 Å². The van der Waals surface area contributed by atoms with Crippen LogP contribution >= 0.6 is 0 Å². The number of carbonyl (C=O) groups is 1. The van der Waals surface area contributed by atoms with E-state index >= 15 is 0 Å². The minimum Gasteiger partial charge on any atom is -0.324 e. The van der Waals surface area contributed by atoms with Crippen LogP contribution in [0.4, 0.5) is 18.9 Å². The van der Waals surface area contributed by atoms with Crippen LogP contribution in [-0.2, 0) is 11.3 Å². The molecule has 0 bridgehead atoms. The van der Waals surface area contributed by atoms with Crippen molar-refractivity contribution in [3.8, 4) is 0 Å². The van der Waals surface area contributed by atoms with E-state index in [1.807, 2.05) is 38.2 Å². The molecule has 3 nitrogen and oxygen atoms in total. The van der Waals surface area contributed by atoms with Crippen molar-refractivity contribution in [1.29, 1.82) is 0 Å². The molecule has 2 atom stereocenters. The molecule has 0 aliphatic rings. The molecular weight excluding hydrogens is 317 g/mol. The van der Waals surface area contributed by atoms with Gasteiger partial charge in [-0.25, -0.2) is 13.2 Å². The first kappa shape index (κ1) is 18.0. The molecule has 128 valence electrons. The van der Waals surface area contributed by atoms with E-state index < -0.39 is 29.4 Å². The first-order valence-electron chi connectivity index (χ1n) is 7.62. The van der Waals surface area contributed by atoms with Crippen molar-refractivity contribution >= 4 is 11.6 Å². The summed E-state index contributed by atoms with van der Waals surface area (Å²) in [7, 11) is 1.85. The van der Waals surface area contributed by atoms with Crippen LogP contribution < -0.4 is 10.2 Å². The molecule has 0 saturated carbocycles. The Morgan fingerprint density at radius 2 is 1.79 bits per heavy atom. The van der Waals surface area contributed by atoms with E-state index in [1.165, 1.54) is 0 Å². The summed E-state index contributed by atoms with van der Waals surface area (Å²) in [5.74, 6) is -4.75. The summed E-state index contributed by atoms with van der Waals surface area (Å²) in [5, 5.41) is 2.32. The lowest BCUT2D eigenvalue weighted by molar-refractivity contribution is -0.907. The van der Waals surface area contributed by atoms with Crippen LogP contribution in [0.5, 0.6) is 0 Å². The number of hydrogen-bond acceptors (Lipinski definition) is 1. The molecule has 2 aromatic rings. The molecule has 2 N–H and O–H groups in total. The van der Waals surface area contributed by atoms with Crippen molar-refractivity contribution < 1.29 is 22.9 Å². The van der Waals surface area contributed by atoms with Gasteiger partial charge in [0.25, 0.3) is 5.91 Å². The van der Waals surface area contributed by atoms with Gasteiger partial charge in [0.1, 0.15) is 6.54 Å². The first-order chi connectivity index (χ1) is 11.3. The van der Waals surface area contributed by atoms with E-state index in [0.717, 1.165) is 28.2 Å². The second kappa shape index (κ2) is 7.49. The van der Waals surface area contributed by atoms with E-state index in [1.54, 1.807) is 6.92 Å². The van der Waals surface area contributed by atoms with Crippen molar-refractivity contribution in [3.05, 3.63) is 65.0 Å². The van der Waals surface area contributed by atoms with E-state index in [0.29, 0.717) is 6.54 Å². The number of rotatable bonds is 5. The average Bonchev–Trinajstić information content (AvgIpc) is 2.56. The lowest BCUT2D eigenvalue weighted by atomic mass is 10.1. The molecule has 0 aliphatic heterocycles.